The molecule has 1 N–H and O–H groups in total. The number of benzene rings is 2. The maximum atomic E-state index is 13.0. The van der Waals surface area contributed by atoms with E-state index in [4.69, 9.17) is 11.6 Å². The van der Waals surface area contributed by atoms with Crippen LogP contribution in [0, 0.1) is 6.92 Å². The molecule has 5 rings (SSSR count). The summed E-state index contributed by atoms with van der Waals surface area (Å²) in [4.78, 5) is 13.0. The monoisotopic (exact) mass is 413 g/mol. The molecule has 4 aromatic rings. The largest absolute Gasteiger partial charge is 0.511 e. The zero-order valence-corrected chi connectivity index (χ0v) is 17.2. The van der Waals surface area contributed by atoms with Gasteiger partial charge in [0.2, 0.25) is 0 Å². The molecule has 0 aliphatic heterocycles. The van der Waals surface area contributed by atoms with E-state index in [9.17, 15) is 9.90 Å². The van der Waals surface area contributed by atoms with Crippen molar-refractivity contribution in [1.29, 1.82) is 0 Å². The highest BCUT2D eigenvalue weighted by atomic mass is 35.5. The minimum absolute atomic E-state index is 0.0673. The number of hydrogen-bond donors (Lipinski definition) is 1. The summed E-state index contributed by atoms with van der Waals surface area (Å²) in [6.45, 7) is 1.92. The van der Waals surface area contributed by atoms with Gasteiger partial charge in [0.1, 0.15) is 5.76 Å². The van der Waals surface area contributed by atoms with Crippen molar-refractivity contribution in [2.24, 2.45) is 0 Å². The average Bonchev–Trinajstić information content (AvgIpc) is 3.27. The van der Waals surface area contributed by atoms with Crippen LogP contribution in [0.3, 0.4) is 0 Å². The summed E-state index contributed by atoms with van der Waals surface area (Å²) in [7, 11) is 0. The van der Waals surface area contributed by atoms with Gasteiger partial charge in [-0.3, -0.25) is 4.79 Å². The third-order valence-electron chi connectivity index (χ3n) is 5.85. The smallest absolute Gasteiger partial charge is 0.167 e. The van der Waals surface area contributed by atoms with Crippen molar-refractivity contribution in [3.63, 3.8) is 0 Å². The molecule has 4 heteroatoms. The van der Waals surface area contributed by atoms with Crippen LogP contribution in [0.15, 0.2) is 84.8 Å². The van der Waals surface area contributed by atoms with Gasteiger partial charge in [0.25, 0.3) is 0 Å². The number of aliphatic hydroxyl groups excluding tert-OH is 1. The summed E-state index contributed by atoms with van der Waals surface area (Å²) in [6.07, 6.45) is 2.21. The lowest BCUT2D eigenvalue weighted by Gasteiger charge is -2.14. The molecule has 0 fully saturated rings. The summed E-state index contributed by atoms with van der Waals surface area (Å²) < 4.78 is 2.07. The first-order valence-electron chi connectivity index (χ1n) is 9.93. The van der Waals surface area contributed by atoms with Crippen LogP contribution in [0.1, 0.15) is 29.2 Å². The van der Waals surface area contributed by atoms with Crippen LogP contribution in [0.2, 0.25) is 5.02 Å². The Balaban J connectivity index is 1.72. The Kier molecular flexibility index (Phi) is 4.48. The summed E-state index contributed by atoms with van der Waals surface area (Å²) >= 11 is 6.29. The quantitative estimate of drug-likeness (QED) is 0.411. The second kappa shape index (κ2) is 7.19. The molecular weight excluding hydrogens is 394 g/mol. The van der Waals surface area contributed by atoms with Gasteiger partial charge in [-0.1, -0.05) is 60.1 Å². The van der Waals surface area contributed by atoms with Gasteiger partial charge in [-0.15, -0.1) is 0 Å². The summed E-state index contributed by atoms with van der Waals surface area (Å²) in [6, 6.07) is 23.7. The van der Waals surface area contributed by atoms with Crippen molar-refractivity contribution in [3.05, 3.63) is 107 Å². The van der Waals surface area contributed by atoms with Crippen molar-refractivity contribution in [3.8, 4) is 11.1 Å². The number of fused-ring (bicyclic) bond motifs is 1. The summed E-state index contributed by atoms with van der Waals surface area (Å²) in [5, 5.41) is 11.8. The number of halogens is 1. The highest BCUT2D eigenvalue weighted by Gasteiger charge is 2.37. The van der Waals surface area contributed by atoms with Crippen LogP contribution in [0.4, 0.5) is 0 Å². The van der Waals surface area contributed by atoms with E-state index in [-0.39, 0.29) is 18.0 Å². The van der Waals surface area contributed by atoms with Gasteiger partial charge in [-0.2, -0.15) is 0 Å². The van der Waals surface area contributed by atoms with E-state index >= 15 is 0 Å². The van der Waals surface area contributed by atoms with E-state index in [1.54, 1.807) is 6.07 Å². The molecule has 0 radical (unpaired) electrons. The summed E-state index contributed by atoms with van der Waals surface area (Å²) in [5.74, 6) is -0.365. The molecule has 30 heavy (non-hydrogen) atoms. The highest BCUT2D eigenvalue weighted by molar-refractivity contribution is 6.32. The van der Waals surface area contributed by atoms with E-state index in [2.05, 4.69) is 22.6 Å². The molecule has 0 saturated heterocycles. The molecule has 1 aliphatic rings. The lowest BCUT2D eigenvalue weighted by molar-refractivity contribution is -0.113. The number of rotatable bonds is 3. The number of hydrogen-bond acceptors (Lipinski definition) is 2. The van der Waals surface area contributed by atoms with Crippen molar-refractivity contribution in [2.45, 2.75) is 19.3 Å². The average molecular weight is 414 g/mol. The van der Waals surface area contributed by atoms with Crippen LogP contribution in [-0.2, 0) is 4.79 Å². The van der Waals surface area contributed by atoms with Gasteiger partial charge in [-0.25, -0.2) is 0 Å². The SMILES string of the molecule is Cc1ccc(C2=C(O)C(c3c(-c4ccccc4)cc4ccccn34)CC2=O)cc1Cl. The molecule has 1 aliphatic carbocycles. The van der Waals surface area contributed by atoms with Gasteiger partial charge in [0.15, 0.2) is 5.78 Å². The number of aromatic nitrogens is 1. The van der Waals surface area contributed by atoms with Gasteiger partial charge >= 0.3 is 0 Å². The Hall–Kier alpha value is -3.30. The molecule has 148 valence electrons. The number of aryl methyl sites for hydroxylation is 1. The van der Waals surface area contributed by atoms with E-state index in [1.165, 1.54) is 0 Å². The van der Waals surface area contributed by atoms with Crippen LogP contribution in [-0.4, -0.2) is 15.3 Å². The lowest BCUT2D eigenvalue weighted by atomic mass is 9.95. The minimum Gasteiger partial charge on any atom is -0.511 e. The van der Waals surface area contributed by atoms with Crippen molar-refractivity contribution >= 4 is 28.5 Å². The molecule has 0 spiro atoms. The lowest BCUT2D eigenvalue weighted by Crippen LogP contribution is -2.05. The standard InChI is InChI=1S/C26H20ClNO2/c1-16-10-11-18(13-22(16)27)24-23(29)15-21(26(24)30)25-20(17-7-3-2-4-8-17)14-19-9-5-6-12-28(19)25/h2-14,21,30H,15H2,1H3. The Labute approximate surface area is 179 Å². The molecule has 2 heterocycles. The highest BCUT2D eigenvalue weighted by Crippen LogP contribution is 2.44. The second-order valence-corrected chi connectivity index (χ2v) is 8.12. The number of nitrogens with zero attached hydrogens (tertiary/aromatic N) is 1. The van der Waals surface area contributed by atoms with Crippen LogP contribution < -0.4 is 0 Å². The fraction of sp³-hybridized carbons (Fsp3) is 0.115. The van der Waals surface area contributed by atoms with Gasteiger partial charge in [0.05, 0.1) is 11.5 Å². The number of carbonyl (C=O) groups excluding carboxylic acids is 1. The van der Waals surface area contributed by atoms with Crippen molar-refractivity contribution < 1.29 is 9.90 Å². The predicted molar refractivity (Wildman–Crippen MR) is 121 cm³/mol. The van der Waals surface area contributed by atoms with Crippen molar-refractivity contribution in [1.82, 2.24) is 4.40 Å². The topological polar surface area (TPSA) is 41.7 Å². The number of Topliss-reactive ketones (excluding diaryl/α,β-unsaturated/α-hetero) is 1. The van der Waals surface area contributed by atoms with Crippen LogP contribution >= 0.6 is 11.6 Å². The number of carbonyl (C=O) groups is 1. The molecular formula is C26H20ClNO2. The van der Waals surface area contributed by atoms with E-state index in [0.29, 0.717) is 16.2 Å². The maximum absolute atomic E-state index is 13.0. The zero-order chi connectivity index (χ0) is 20.8. The Bertz CT molecular complexity index is 1320. The zero-order valence-electron chi connectivity index (χ0n) is 16.5. The number of ketones is 1. The van der Waals surface area contributed by atoms with Crippen molar-refractivity contribution in [2.75, 3.05) is 0 Å². The van der Waals surface area contributed by atoms with Crippen LogP contribution in [0.25, 0.3) is 22.2 Å². The predicted octanol–water partition coefficient (Wildman–Crippen LogP) is 6.59. The van der Waals surface area contributed by atoms with E-state index in [1.807, 2.05) is 61.7 Å². The fourth-order valence-corrected chi connectivity index (χ4v) is 4.51. The minimum atomic E-state index is -0.410. The first kappa shape index (κ1) is 18.7. The molecule has 0 bridgehead atoms. The van der Waals surface area contributed by atoms with Crippen LogP contribution in [0.5, 0.6) is 0 Å². The Morgan fingerprint density at radius 2 is 1.73 bits per heavy atom. The van der Waals surface area contributed by atoms with E-state index < -0.39 is 5.92 Å². The molecule has 1 atom stereocenters. The first-order valence-corrected chi connectivity index (χ1v) is 10.3. The molecule has 2 aromatic heterocycles. The number of allylic oxidation sites excluding steroid dienone is 2. The number of pyridine rings is 1. The fourth-order valence-electron chi connectivity index (χ4n) is 4.33. The molecule has 0 amide bonds. The molecule has 1 unspecified atom stereocenters. The third-order valence-corrected chi connectivity index (χ3v) is 6.26. The third kappa shape index (κ3) is 2.94. The second-order valence-electron chi connectivity index (χ2n) is 7.71. The molecule has 0 saturated carbocycles. The maximum Gasteiger partial charge on any atom is 0.167 e. The number of aliphatic hydroxyl groups is 1. The molecule has 3 nitrogen and oxygen atoms in total. The van der Waals surface area contributed by atoms with E-state index in [0.717, 1.165) is 27.9 Å². The Morgan fingerprint density at radius 1 is 0.967 bits per heavy atom. The summed E-state index contributed by atoms with van der Waals surface area (Å²) in [5.41, 5.74) is 6.00. The first-order chi connectivity index (χ1) is 14.5. The normalized spacial score (nSPS) is 16.6. The van der Waals surface area contributed by atoms with Gasteiger partial charge in [-0.05, 0) is 47.9 Å². The van der Waals surface area contributed by atoms with Gasteiger partial charge < -0.3 is 9.51 Å². The molecule has 2 aromatic carbocycles. The van der Waals surface area contributed by atoms with Gasteiger partial charge in [0, 0.05) is 34.4 Å². The Morgan fingerprint density at radius 3 is 2.50 bits per heavy atom.